The van der Waals surface area contributed by atoms with E-state index in [2.05, 4.69) is 26.1 Å². The van der Waals surface area contributed by atoms with E-state index in [-0.39, 0.29) is 5.76 Å². The molecular formula is C17H11BrN2O2. The van der Waals surface area contributed by atoms with Gasteiger partial charge in [0.2, 0.25) is 0 Å². The van der Waals surface area contributed by atoms with Gasteiger partial charge in [-0.1, -0.05) is 40.2 Å². The van der Waals surface area contributed by atoms with Gasteiger partial charge in [-0.3, -0.25) is 0 Å². The number of halogens is 1. The van der Waals surface area contributed by atoms with E-state index in [1.54, 1.807) is 0 Å². The van der Waals surface area contributed by atoms with Crippen molar-refractivity contribution in [2.75, 3.05) is 0 Å². The molecule has 0 aliphatic heterocycles. The van der Waals surface area contributed by atoms with Crippen molar-refractivity contribution in [3.05, 3.63) is 74.4 Å². The molecule has 1 aromatic heterocycles. The number of para-hydroxylation sites is 1. The van der Waals surface area contributed by atoms with Crippen LogP contribution in [0.5, 0.6) is 0 Å². The molecule has 0 amide bonds. The highest BCUT2D eigenvalue weighted by molar-refractivity contribution is 9.10. The predicted octanol–water partition coefficient (Wildman–Crippen LogP) is 5.20. The van der Waals surface area contributed by atoms with Gasteiger partial charge in [0.25, 0.3) is 0 Å². The molecule has 2 N–H and O–H groups in total. The standard InChI is InChI=1S/C17H11BrN2O2/c18-10-5-6-11-9(7-10)8-14(21)15(11)17-16(20-22)12-3-1-2-4-13(12)19-17/h1-7,19,21H,8H2. The van der Waals surface area contributed by atoms with Crippen LogP contribution in [0.25, 0.3) is 16.5 Å². The summed E-state index contributed by atoms with van der Waals surface area (Å²) in [4.78, 5) is 14.6. The first-order valence-electron chi connectivity index (χ1n) is 6.84. The Morgan fingerprint density at radius 2 is 2.00 bits per heavy atom. The molecule has 0 bridgehead atoms. The zero-order chi connectivity index (χ0) is 15.3. The average Bonchev–Trinajstić information content (AvgIpc) is 3.02. The number of nitrogens with one attached hydrogen (secondary N) is 1. The van der Waals surface area contributed by atoms with Crippen LogP contribution in [0.2, 0.25) is 0 Å². The summed E-state index contributed by atoms with van der Waals surface area (Å²) in [5.41, 5.74) is 4.36. The fourth-order valence-electron chi connectivity index (χ4n) is 3.06. The van der Waals surface area contributed by atoms with E-state index >= 15 is 0 Å². The number of aliphatic hydroxyl groups excluding tert-OH is 1. The third kappa shape index (κ3) is 1.82. The molecule has 0 radical (unpaired) electrons. The number of hydrogen-bond acceptors (Lipinski definition) is 3. The molecule has 5 heteroatoms. The molecule has 0 saturated heterocycles. The van der Waals surface area contributed by atoms with Crippen LogP contribution in [-0.2, 0) is 6.42 Å². The molecule has 0 atom stereocenters. The zero-order valence-electron chi connectivity index (χ0n) is 11.4. The number of aromatic amines is 1. The van der Waals surface area contributed by atoms with E-state index in [0.717, 1.165) is 26.5 Å². The maximum absolute atomic E-state index is 11.4. The van der Waals surface area contributed by atoms with E-state index < -0.39 is 0 Å². The van der Waals surface area contributed by atoms with Crippen molar-refractivity contribution >= 4 is 38.1 Å². The lowest BCUT2D eigenvalue weighted by Crippen LogP contribution is -1.89. The molecule has 2 aromatic carbocycles. The highest BCUT2D eigenvalue weighted by Crippen LogP contribution is 2.43. The number of allylic oxidation sites excluding steroid dienone is 1. The van der Waals surface area contributed by atoms with Gasteiger partial charge in [-0.15, -0.1) is 4.91 Å². The van der Waals surface area contributed by atoms with Crippen LogP contribution in [-0.4, -0.2) is 10.1 Å². The minimum absolute atomic E-state index is 0.254. The smallest absolute Gasteiger partial charge is 0.141 e. The third-order valence-corrected chi connectivity index (χ3v) is 4.50. The summed E-state index contributed by atoms with van der Waals surface area (Å²) in [6.45, 7) is 0. The van der Waals surface area contributed by atoms with Gasteiger partial charge in [-0.25, -0.2) is 0 Å². The van der Waals surface area contributed by atoms with E-state index in [1.807, 2.05) is 42.5 Å². The first-order chi connectivity index (χ1) is 10.7. The number of hydrogen-bond donors (Lipinski definition) is 2. The van der Waals surface area contributed by atoms with Crippen LogP contribution in [0.4, 0.5) is 5.69 Å². The molecule has 0 fully saturated rings. The summed E-state index contributed by atoms with van der Waals surface area (Å²) >= 11 is 3.44. The molecule has 108 valence electrons. The summed E-state index contributed by atoms with van der Waals surface area (Å²) < 4.78 is 0.964. The van der Waals surface area contributed by atoms with Crippen LogP contribution in [0.3, 0.4) is 0 Å². The number of H-pyrrole nitrogens is 1. The Hall–Kier alpha value is -2.40. The van der Waals surface area contributed by atoms with Crippen LogP contribution >= 0.6 is 15.9 Å². The summed E-state index contributed by atoms with van der Waals surface area (Å²) in [5.74, 6) is 0.254. The SMILES string of the molecule is O=Nc1c(C2=C(O)Cc3cc(Br)ccc32)[nH]c2ccccc12. The molecule has 1 aliphatic rings. The van der Waals surface area contributed by atoms with Crippen molar-refractivity contribution in [2.24, 2.45) is 5.18 Å². The highest BCUT2D eigenvalue weighted by Gasteiger charge is 2.27. The van der Waals surface area contributed by atoms with Crippen LogP contribution in [0, 0.1) is 4.91 Å². The van der Waals surface area contributed by atoms with Gasteiger partial charge in [-0.05, 0) is 34.5 Å². The molecule has 3 aromatic rings. The van der Waals surface area contributed by atoms with Crippen molar-refractivity contribution < 1.29 is 5.11 Å². The van der Waals surface area contributed by atoms with Gasteiger partial charge < -0.3 is 10.1 Å². The number of aliphatic hydroxyl groups is 1. The maximum Gasteiger partial charge on any atom is 0.141 e. The van der Waals surface area contributed by atoms with Gasteiger partial charge in [0, 0.05) is 27.4 Å². The van der Waals surface area contributed by atoms with Crippen molar-refractivity contribution in [3.63, 3.8) is 0 Å². The van der Waals surface area contributed by atoms with E-state index in [9.17, 15) is 10.0 Å². The summed E-state index contributed by atoms with van der Waals surface area (Å²) in [6.07, 6.45) is 0.456. The Kier molecular flexibility index (Phi) is 2.90. The monoisotopic (exact) mass is 354 g/mol. The molecule has 4 rings (SSSR count). The van der Waals surface area contributed by atoms with Gasteiger partial charge in [0.1, 0.15) is 11.4 Å². The quantitative estimate of drug-likeness (QED) is 0.621. The second kappa shape index (κ2) is 4.81. The van der Waals surface area contributed by atoms with Crippen LogP contribution in [0.1, 0.15) is 16.8 Å². The van der Waals surface area contributed by atoms with Gasteiger partial charge in [-0.2, -0.15) is 0 Å². The second-order valence-electron chi connectivity index (χ2n) is 5.29. The number of nitrogens with zero attached hydrogens (tertiary/aromatic N) is 1. The van der Waals surface area contributed by atoms with Crippen LogP contribution in [0.15, 0.2) is 57.9 Å². The number of rotatable bonds is 2. The molecule has 0 unspecified atom stereocenters. The van der Waals surface area contributed by atoms with Crippen molar-refractivity contribution in [1.29, 1.82) is 0 Å². The fourth-order valence-corrected chi connectivity index (χ4v) is 3.47. The molecule has 1 heterocycles. The number of benzene rings is 2. The Labute approximate surface area is 134 Å². The summed E-state index contributed by atoms with van der Waals surface area (Å²) in [5, 5.41) is 14.4. The molecule has 22 heavy (non-hydrogen) atoms. The minimum Gasteiger partial charge on any atom is -0.511 e. The van der Waals surface area contributed by atoms with E-state index in [1.165, 1.54) is 0 Å². The second-order valence-corrected chi connectivity index (χ2v) is 6.20. The van der Waals surface area contributed by atoms with Gasteiger partial charge >= 0.3 is 0 Å². The van der Waals surface area contributed by atoms with E-state index in [0.29, 0.717) is 23.4 Å². The largest absolute Gasteiger partial charge is 0.511 e. The lowest BCUT2D eigenvalue weighted by Gasteiger charge is -2.05. The maximum atomic E-state index is 11.4. The Morgan fingerprint density at radius 3 is 2.82 bits per heavy atom. The molecule has 4 nitrogen and oxygen atoms in total. The average molecular weight is 355 g/mol. The molecule has 0 saturated carbocycles. The normalized spacial score (nSPS) is 13.7. The Balaban J connectivity index is 2.00. The van der Waals surface area contributed by atoms with Crippen molar-refractivity contribution in [3.8, 4) is 0 Å². The van der Waals surface area contributed by atoms with Crippen molar-refractivity contribution in [1.82, 2.24) is 4.98 Å². The summed E-state index contributed by atoms with van der Waals surface area (Å²) in [6, 6.07) is 13.3. The van der Waals surface area contributed by atoms with Gasteiger partial charge in [0.05, 0.1) is 5.69 Å². The third-order valence-electron chi connectivity index (χ3n) is 4.00. The fraction of sp³-hybridized carbons (Fsp3) is 0.0588. The minimum atomic E-state index is 0.254. The Bertz CT molecular complexity index is 956. The topological polar surface area (TPSA) is 65.4 Å². The lowest BCUT2D eigenvalue weighted by atomic mass is 10.0. The number of nitroso groups, excluding NO2 is 1. The van der Waals surface area contributed by atoms with Gasteiger partial charge in [0.15, 0.2) is 0 Å². The summed E-state index contributed by atoms with van der Waals surface area (Å²) in [7, 11) is 0. The number of fused-ring (bicyclic) bond motifs is 2. The van der Waals surface area contributed by atoms with Crippen molar-refractivity contribution in [2.45, 2.75) is 6.42 Å². The Morgan fingerprint density at radius 1 is 1.18 bits per heavy atom. The predicted molar refractivity (Wildman–Crippen MR) is 90.3 cm³/mol. The first-order valence-corrected chi connectivity index (χ1v) is 7.63. The first kappa shape index (κ1) is 13.3. The van der Waals surface area contributed by atoms with E-state index in [4.69, 9.17) is 0 Å². The highest BCUT2D eigenvalue weighted by atomic mass is 79.9. The molecule has 1 aliphatic carbocycles. The number of aromatic nitrogens is 1. The lowest BCUT2D eigenvalue weighted by molar-refractivity contribution is 0.405. The zero-order valence-corrected chi connectivity index (χ0v) is 13.0. The molecular weight excluding hydrogens is 344 g/mol. The molecule has 0 spiro atoms. The van der Waals surface area contributed by atoms with Crippen LogP contribution < -0.4 is 0 Å².